The minimum atomic E-state index is 0.604. The number of aromatic nitrogens is 1. The molecule has 0 spiro atoms. The van der Waals surface area contributed by atoms with Gasteiger partial charge in [-0.3, -0.25) is 0 Å². The molecule has 0 aliphatic heterocycles. The summed E-state index contributed by atoms with van der Waals surface area (Å²) in [4.78, 5) is 4.43. The maximum Gasteiger partial charge on any atom is 0.194 e. The predicted octanol–water partition coefficient (Wildman–Crippen LogP) is 3.14. The van der Waals surface area contributed by atoms with Crippen LogP contribution in [0.3, 0.4) is 0 Å². The fourth-order valence-electron chi connectivity index (χ4n) is 2.84. The minimum absolute atomic E-state index is 0.604. The van der Waals surface area contributed by atoms with Gasteiger partial charge >= 0.3 is 0 Å². The molecule has 1 aromatic rings. The Hall–Kier alpha value is -0.870. The predicted molar refractivity (Wildman–Crippen MR) is 79.9 cm³/mol. The van der Waals surface area contributed by atoms with Crippen molar-refractivity contribution in [1.29, 1.82) is 0 Å². The summed E-state index contributed by atoms with van der Waals surface area (Å²) >= 11 is 0. The van der Waals surface area contributed by atoms with Crippen LogP contribution >= 0.6 is 0 Å². The molecule has 0 bridgehead atoms. The van der Waals surface area contributed by atoms with Gasteiger partial charge in [-0.2, -0.15) is 0 Å². The van der Waals surface area contributed by atoms with Crippen LogP contribution in [0.5, 0.6) is 0 Å². The number of nitrogens with zero attached hydrogens (tertiary/aromatic N) is 1. The fourth-order valence-corrected chi connectivity index (χ4v) is 2.84. The maximum absolute atomic E-state index is 5.92. The molecule has 0 unspecified atom stereocenters. The van der Waals surface area contributed by atoms with Gasteiger partial charge < -0.3 is 14.5 Å². The van der Waals surface area contributed by atoms with Crippen molar-refractivity contribution in [3.05, 3.63) is 17.8 Å². The first-order valence-electron chi connectivity index (χ1n) is 7.94. The Kier molecular flexibility index (Phi) is 6.54. The van der Waals surface area contributed by atoms with E-state index in [-0.39, 0.29) is 0 Å². The second-order valence-corrected chi connectivity index (χ2v) is 5.96. The van der Waals surface area contributed by atoms with Crippen LogP contribution < -0.4 is 5.32 Å². The van der Waals surface area contributed by atoms with Crippen LogP contribution in [-0.2, 0) is 11.2 Å². The van der Waals surface area contributed by atoms with Crippen molar-refractivity contribution in [3.63, 3.8) is 0 Å². The molecular formula is C16H28N2O2. The number of hydrogen-bond acceptors (Lipinski definition) is 4. The highest BCUT2D eigenvalue weighted by atomic mass is 16.5. The Morgan fingerprint density at radius 2 is 2.10 bits per heavy atom. The van der Waals surface area contributed by atoms with Crippen LogP contribution in [0.4, 0.5) is 0 Å². The topological polar surface area (TPSA) is 47.3 Å². The van der Waals surface area contributed by atoms with E-state index in [1.165, 1.54) is 25.7 Å². The smallest absolute Gasteiger partial charge is 0.194 e. The third kappa shape index (κ3) is 4.91. The van der Waals surface area contributed by atoms with Gasteiger partial charge in [0.1, 0.15) is 5.76 Å². The highest BCUT2D eigenvalue weighted by Crippen LogP contribution is 2.35. The van der Waals surface area contributed by atoms with E-state index in [4.69, 9.17) is 9.15 Å². The summed E-state index contributed by atoms with van der Waals surface area (Å²) in [5.74, 6) is 3.49. The molecule has 0 atom stereocenters. The molecule has 0 radical (unpaired) electrons. The minimum Gasteiger partial charge on any atom is -0.445 e. The number of ether oxygens (including phenoxy) is 1. The zero-order chi connectivity index (χ0) is 14.2. The molecule has 0 saturated heterocycles. The van der Waals surface area contributed by atoms with Gasteiger partial charge in [0.25, 0.3) is 0 Å². The molecule has 1 N–H and O–H groups in total. The van der Waals surface area contributed by atoms with Crippen LogP contribution in [0.1, 0.15) is 56.6 Å². The van der Waals surface area contributed by atoms with Crippen molar-refractivity contribution in [2.45, 2.75) is 51.4 Å². The molecule has 114 valence electrons. The molecule has 20 heavy (non-hydrogen) atoms. The normalized spacial score (nSPS) is 23.1. The van der Waals surface area contributed by atoms with Crippen molar-refractivity contribution < 1.29 is 9.15 Å². The van der Waals surface area contributed by atoms with Gasteiger partial charge in [0, 0.05) is 26.0 Å². The summed E-state index contributed by atoms with van der Waals surface area (Å²) in [5, 5.41) is 3.34. The molecule has 1 saturated carbocycles. The number of oxazole rings is 1. The molecule has 1 fully saturated rings. The Bertz CT molecular complexity index is 370. The van der Waals surface area contributed by atoms with E-state index in [1.54, 1.807) is 7.11 Å². The molecule has 4 heteroatoms. The van der Waals surface area contributed by atoms with E-state index in [0.29, 0.717) is 5.92 Å². The van der Waals surface area contributed by atoms with Crippen LogP contribution in [0.2, 0.25) is 0 Å². The lowest BCUT2D eigenvalue weighted by Crippen LogP contribution is -2.20. The monoisotopic (exact) mass is 280 g/mol. The summed E-state index contributed by atoms with van der Waals surface area (Å²) in [7, 11) is 1.72. The Morgan fingerprint density at radius 1 is 1.30 bits per heavy atom. The van der Waals surface area contributed by atoms with Crippen LogP contribution in [0, 0.1) is 5.92 Å². The number of nitrogens with one attached hydrogen (secondary N) is 1. The summed E-state index contributed by atoms with van der Waals surface area (Å²) < 4.78 is 10.9. The molecule has 1 heterocycles. The van der Waals surface area contributed by atoms with Crippen LogP contribution in [0.25, 0.3) is 0 Å². The molecule has 1 aliphatic rings. The number of hydrogen-bond donors (Lipinski definition) is 1. The van der Waals surface area contributed by atoms with Gasteiger partial charge in [-0.1, -0.05) is 19.8 Å². The lowest BCUT2D eigenvalue weighted by molar-refractivity contribution is 0.199. The van der Waals surface area contributed by atoms with E-state index >= 15 is 0 Å². The van der Waals surface area contributed by atoms with Crippen molar-refractivity contribution in [2.75, 3.05) is 26.8 Å². The summed E-state index contributed by atoms with van der Waals surface area (Å²) in [6.45, 7) is 5.01. The third-order valence-electron chi connectivity index (χ3n) is 4.22. The third-order valence-corrected chi connectivity index (χ3v) is 4.22. The Morgan fingerprint density at radius 3 is 2.85 bits per heavy atom. The van der Waals surface area contributed by atoms with E-state index in [2.05, 4.69) is 17.2 Å². The second-order valence-electron chi connectivity index (χ2n) is 5.96. The summed E-state index contributed by atoms with van der Waals surface area (Å²) in [6, 6.07) is 0. The molecule has 1 aromatic heterocycles. The van der Waals surface area contributed by atoms with Gasteiger partial charge in [0.05, 0.1) is 12.8 Å². The maximum atomic E-state index is 5.92. The lowest BCUT2D eigenvalue weighted by atomic mass is 9.82. The Balaban J connectivity index is 1.67. The van der Waals surface area contributed by atoms with E-state index in [9.17, 15) is 0 Å². The quantitative estimate of drug-likeness (QED) is 0.743. The zero-order valence-electron chi connectivity index (χ0n) is 12.9. The van der Waals surface area contributed by atoms with Gasteiger partial charge in [0.2, 0.25) is 0 Å². The average Bonchev–Trinajstić information content (AvgIpc) is 2.92. The van der Waals surface area contributed by atoms with E-state index < -0.39 is 0 Å². The SMILES string of the molecule is COCCNCCCc1ncc(C2CCC(C)CC2)o1. The van der Waals surface area contributed by atoms with Gasteiger partial charge in [-0.05, 0) is 31.7 Å². The summed E-state index contributed by atoms with van der Waals surface area (Å²) in [5.41, 5.74) is 0. The molecule has 1 aliphatic carbocycles. The summed E-state index contributed by atoms with van der Waals surface area (Å²) in [6.07, 6.45) is 9.10. The van der Waals surface area contributed by atoms with Crippen molar-refractivity contribution in [3.8, 4) is 0 Å². The molecule has 4 nitrogen and oxygen atoms in total. The Labute approximate surface area is 122 Å². The molecule has 2 rings (SSSR count). The number of aryl methyl sites for hydroxylation is 1. The fraction of sp³-hybridized carbons (Fsp3) is 0.812. The van der Waals surface area contributed by atoms with Crippen LogP contribution in [-0.4, -0.2) is 31.8 Å². The largest absolute Gasteiger partial charge is 0.445 e. The number of rotatable bonds is 8. The molecule has 0 aromatic carbocycles. The average molecular weight is 280 g/mol. The van der Waals surface area contributed by atoms with Gasteiger partial charge in [-0.25, -0.2) is 4.98 Å². The molecule has 0 amide bonds. The van der Waals surface area contributed by atoms with Gasteiger partial charge in [-0.15, -0.1) is 0 Å². The highest BCUT2D eigenvalue weighted by molar-refractivity contribution is 5.03. The van der Waals surface area contributed by atoms with E-state index in [1.807, 2.05) is 6.20 Å². The standard InChI is InChI=1S/C16H28N2O2/c1-13-5-7-14(8-6-13)15-12-18-16(20-15)4-3-9-17-10-11-19-2/h12-14,17H,3-11H2,1-2H3. The van der Waals surface area contributed by atoms with Crippen molar-refractivity contribution in [1.82, 2.24) is 10.3 Å². The van der Waals surface area contributed by atoms with Crippen molar-refractivity contribution >= 4 is 0 Å². The first kappa shape index (κ1) is 15.5. The van der Waals surface area contributed by atoms with E-state index in [0.717, 1.165) is 50.1 Å². The lowest BCUT2D eigenvalue weighted by Gasteiger charge is -2.24. The molecular weight excluding hydrogens is 252 g/mol. The number of methoxy groups -OCH3 is 1. The van der Waals surface area contributed by atoms with Gasteiger partial charge in [0.15, 0.2) is 5.89 Å². The highest BCUT2D eigenvalue weighted by Gasteiger charge is 2.22. The first-order valence-corrected chi connectivity index (χ1v) is 7.94. The zero-order valence-corrected chi connectivity index (χ0v) is 12.9. The van der Waals surface area contributed by atoms with Crippen molar-refractivity contribution in [2.24, 2.45) is 5.92 Å². The van der Waals surface area contributed by atoms with Crippen LogP contribution in [0.15, 0.2) is 10.6 Å². The second kappa shape index (κ2) is 8.42. The first-order chi connectivity index (χ1) is 9.79.